The second kappa shape index (κ2) is 5.55. The fraction of sp³-hybridized carbons (Fsp3) is 0.583. The first-order chi connectivity index (χ1) is 9.33. The van der Waals surface area contributed by atoms with Gasteiger partial charge >= 0.3 is 5.97 Å². The molecule has 1 heterocycles. The van der Waals surface area contributed by atoms with E-state index in [1.54, 1.807) is 0 Å². The number of sulfonamides is 1. The van der Waals surface area contributed by atoms with Crippen LogP contribution in [0.3, 0.4) is 0 Å². The smallest absolute Gasteiger partial charge is 0.352 e. The highest BCUT2D eigenvalue weighted by atomic mass is 32.2. The van der Waals surface area contributed by atoms with Gasteiger partial charge in [0.05, 0.1) is 6.10 Å². The minimum Gasteiger partial charge on any atom is -0.477 e. The lowest BCUT2D eigenvalue weighted by Gasteiger charge is -2.12. The number of aromatic nitrogens is 1. The lowest BCUT2D eigenvalue weighted by molar-refractivity contribution is 0.0223. The minimum absolute atomic E-state index is 0.0621. The number of carboxylic acids is 1. The second-order valence-corrected chi connectivity index (χ2v) is 6.58. The van der Waals surface area contributed by atoms with E-state index < -0.39 is 16.0 Å². The zero-order valence-corrected chi connectivity index (χ0v) is 12.2. The van der Waals surface area contributed by atoms with Gasteiger partial charge in [0.1, 0.15) is 10.6 Å². The summed E-state index contributed by atoms with van der Waals surface area (Å²) >= 11 is 0. The third-order valence-corrected chi connectivity index (χ3v) is 4.94. The van der Waals surface area contributed by atoms with Crippen LogP contribution in [-0.2, 0) is 14.9 Å². The van der Waals surface area contributed by atoms with Crippen molar-refractivity contribution >= 4 is 16.0 Å². The minimum atomic E-state index is -3.89. The average molecular weight is 302 g/mol. The van der Waals surface area contributed by atoms with E-state index in [1.807, 2.05) is 0 Å². The maximum absolute atomic E-state index is 12.2. The third-order valence-electron chi connectivity index (χ3n) is 3.48. The summed E-state index contributed by atoms with van der Waals surface area (Å²) in [5.41, 5.74) is 0.337. The number of hydrogen-bond acceptors (Lipinski definition) is 4. The van der Waals surface area contributed by atoms with Gasteiger partial charge in [-0.15, -0.1) is 0 Å². The first kappa shape index (κ1) is 15.0. The Labute approximate surface area is 117 Å². The molecule has 0 aromatic carbocycles. The van der Waals surface area contributed by atoms with Crippen molar-refractivity contribution in [3.8, 4) is 0 Å². The topological polar surface area (TPSA) is 108 Å². The number of aryl methyl sites for hydroxylation is 1. The van der Waals surface area contributed by atoms with E-state index in [0.717, 1.165) is 25.7 Å². The summed E-state index contributed by atoms with van der Waals surface area (Å²) in [4.78, 5) is 20.8. The van der Waals surface area contributed by atoms with E-state index in [2.05, 4.69) is 9.87 Å². The van der Waals surface area contributed by atoms with E-state index in [4.69, 9.17) is 9.94 Å². The lowest BCUT2D eigenvalue weighted by atomic mass is 10.2. The van der Waals surface area contributed by atoms with Crippen LogP contribution in [0.4, 0.5) is 0 Å². The Kier molecular flexibility index (Phi) is 4.17. The SMILES string of the molecule is Cc1[nH]c(C(=O)O)c(C)c1S(=O)(=O)NOC1CCCC1. The summed E-state index contributed by atoms with van der Waals surface area (Å²) in [6.07, 6.45) is 3.60. The Bertz CT molecular complexity index is 614. The summed E-state index contributed by atoms with van der Waals surface area (Å²) in [5, 5.41) is 8.99. The molecule has 0 atom stereocenters. The molecule has 0 unspecified atom stereocenters. The third kappa shape index (κ3) is 2.87. The molecule has 0 radical (unpaired) electrons. The van der Waals surface area contributed by atoms with Crippen molar-refractivity contribution in [3.63, 3.8) is 0 Å². The lowest BCUT2D eigenvalue weighted by Crippen LogP contribution is -2.29. The molecule has 1 aromatic rings. The van der Waals surface area contributed by atoms with Gasteiger partial charge in [-0.05, 0) is 26.7 Å². The number of carbonyl (C=O) groups is 1. The van der Waals surface area contributed by atoms with Crippen LogP contribution in [0.15, 0.2) is 4.90 Å². The number of H-pyrrole nitrogens is 1. The molecule has 7 nitrogen and oxygen atoms in total. The number of aromatic carboxylic acids is 1. The van der Waals surface area contributed by atoms with Gasteiger partial charge in [0.15, 0.2) is 0 Å². The van der Waals surface area contributed by atoms with Gasteiger partial charge in [0.25, 0.3) is 10.0 Å². The summed E-state index contributed by atoms with van der Waals surface area (Å²) in [5.74, 6) is -1.19. The Morgan fingerprint density at radius 3 is 2.45 bits per heavy atom. The summed E-state index contributed by atoms with van der Waals surface area (Å²) < 4.78 is 24.4. The molecule has 0 spiro atoms. The fourth-order valence-corrected chi connectivity index (χ4v) is 3.83. The summed E-state index contributed by atoms with van der Waals surface area (Å²) in [6.45, 7) is 2.97. The molecular formula is C12H18N2O5S. The number of carboxylic acid groups (broad SMARTS) is 1. The second-order valence-electron chi connectivity index (χ2n) is 5.00. The van der Waals surface area contributed by atoms with Crippen molar-refractivity contribution in [2.75, 3.05) is 0 Å². The molecule has 0 bridgehead atoms. The number of hydrogen-bond donors (Lipinski definition) is 3. The van der Waals surface area contributed by atoms with Crippen LogP contribution in [0.25, 0.3) is 0 Å². The monoisotopic (exact) mass is 302 g/mol. The number of aromatic amines is 1. The van der Waals surface area contributed by atoms with Crippen LogP contribution in [-0.4, -0.2) is 30.6 Å². The Hall–Kier alpha value is -1.38. The normalized spacial score (nSPS) is 16.7. The maximum atomic E-state index is 12.2. The van der Waals surface area contributed by atoms with E-state index in [1.165, 1.54) is 13.8 Å². The van der Waals surface area contributed by atoms with Gasteiger partial charge in [-0.1, -0.05) is 17.7 Å². The van der Waals surface area contributed by atoms with Crippen LogP contribution < -0.4 is 4.89 Å². The molecule has 3 N–H and O–H groups in total. The Morgan fingerprint density at radius 2 is 1.95 bits per heavy atom. The van der Waals surface area contributed by atoms with E-state index in [9.17, 15) is 13.2 Å². The quantitative estimate of drug-likeness (QED) is 0.714. The highest BCUT2D eigenvalue weighted by molar-refractivity contribution is 7.89. The average Bonchev–Trinajstić information content (AvgIpc) is 2.95. The highest BCUT2D eigenvalue weighted by Gasteiger charge is 2.28. The Morgan fingerprint density at radius 1 is 1.35 bits per heavy atom. The van der Waals surface area contributed by atoms with Crippen LogP contribution in [0, 0.1) is 13.8 Å². The van der Waals surface area contributed by atoms with Crippen molar-refractivity contribution < 1.29 is 23.2 Å². The van der Waals surface area contributed by atoms with Crippen molar-refractivity contribution in [2.45, 2.75) is 50.5 Å². The van der Waals surface area contributed by atoms with E-state index in [-0.39, 0.29) is 28.0 Å². The molecule has 1 fully saturated rings. The molecule has 0 saturated heterocycles. The zero-order valence-electron chi connectivity index (χ0n) is 11.4. The molecule has 112 valence electrons. The molecular weight excluding hydrogens is 284 g/mol. The van der Waals surface area contributed by atoms with Crippen LogP contribution in [0.1, 0.15) is 47.4 Å². The molecule has 0 aliphatic heterocycles. The molecule has 1 aromatic heterocycles. The summed E-state index contributed by atoms with van der Waals surface area (Å²) in [7, 11) is -3.89. The van der Waals surface area contributed by atoms with Crippen molar-refractivity contribution in [2.24, 2.45) is 0 Å². The van der Waals surface area contributed by atoms with Crippen molar-refractivity contribution in [1.82, 2.24) is 9.87 Å². The van der Waals surface area contributed by atoms with Crippen molar-refractivity contribution in [3.05, 3.63) is 17.0 Å². The predicted octanol–water partition coefficient (Wildman–Crippen LogP) is 1.48. The maximum Gasteiger partial charge on any atom is 0.352 e. The van der Waals surface area contributed by atoms with E-state index in [0.29, 0.717) is 0 Å². The van der Waals surface area contributed by atoms with Crippen LogP contribution >= 0.6 is 0 Å². The first-order valence-corrected chi connectivity index (χ1v) is 7.91. The molecule has 1 saturated carbocycles. The van der Waals surface area contributed by atoms with Gasteiger partial charge in [-0.3, -0.25) is 4.84 Å². The van der Waals surface area contributed by atoms with Gasteiger partial charge in [0.2, 0.25) is 0 Å². The molecule has 1 aliphatic carbocycles. The predicted molar refractivity (Wildman–Crippen MR) is 70.9 cm³/mol. The van der Waals surface area contributed by atoms with Crippen LogP contribution in [0.2, 0.25) is 0 Å². The molecule has 2 rings (SSSR count). The molecule has 20 heavy (non-hydrogen) atoms. The largest absolute Gasteiger partial charge is 0.477 e. The van der Waals surface area contributed by atoms with Gasteiger partial charge in [-0.25, -0.2) is 13.2 Å². The number of nitrogens with one attached hydrogen (secondary N) is 2. The first-order valence-electron chi connectivity index (χ1n) is 6.43. The van der Waals surface area contributed by atoms with Gasteiger partial charge in [-0.2, -0.15) is 0 Å². The molecule has 8 heteroatoms. The standard InChI is InChI=1S/C12H18N2O5S/c1-7-10(12(15)16)13-8(2)11(7)20(17,18)14-19-9-5-3-4-6-9/h9,13-14H,3-6H2,1-2H3,(H,15,16). The molecule has 1 aliphatic rings. The van der Waals surface area contributed by atoms with Crippen molar-refractivity contribution in [1.29, 1.82) is 0 Å². The summed E-state index contributed by atoms with van der Waals surface area (Å²) in [6, 6.07) is 0. The Balaban J connectivity index is 2.22. The number of rotatable bonds is 5. The van der Waals surface area contributed by atoms with Gasteiger partial charge in [0, 0.05) is 11.3 Å². The molecule has 0 amide bonds. The fourth-order valence-electron chi connectivity index (χ4n) is 2.53. The zero-order chi connectivity index (χ0) is 14.9. The van der Waals surface area contributed by atoms with Crippen LogP contribution in [0.5, 0.6) is 0 Å². The van der Waals surface area contributed by atoms with Gasteiger partial charge < -0.3 is 10.1 Å². The van der Waals surface area contributed by atoms with E-state index >= 15 is 0 Å². The highest BCUT2D eigenvalue weighted by Crippen LogP contribution is 2.24.